The number of nitrogens with zero attached hydrogens (tertiary/aromatic N) is 1. The van der Waals surface area contributed by atoms with Crippen LogP contribution in [0.2, 0.25) is 0 Å². The van der Waals surface area contributed by atoms with Crippen LogP contribution in [0.5, 0.6) is 0 Å². The highest BCUT2D eigenvalue weighted by Gasteiger charge is 2.31. The van der Waals surface area contributed by atoms with Gasteiger partial charge in [-0.3, -0.25) is 0 Å². The molecule has 2 aliphatic rings. The van der Waals surface area contributed by atoms with Gasteiger partial charge in [0.1, 0.15) is 5.84 Å². The van der Waals surface area contributed by atoms with Crippen LogP contribution in [0.15, 0.2) is 4.40 Å². The second kappa shape index (κ2) is 4.36. The Morgan fingerprint density at radius 1 is 1.62 bits per heavy atom. The highest BCUT2D eigenvalue weighted by atomic mass is 35.5. The monoisotopic (exact) mass is 225 g/mol. The predicted molar refractivity (Wildman–Crippen MR) is 52.4 cm³/mol. The maximum Gasteiger partial charge on any atom is 0.309 e. The zero-order valence-electron chi connectivity index (χ0n) is 6.93. The van der Waals surface area contributed by atoms with Crippen molar-refractivity contribution in [2.75, 3.05) is 0 Å². The average molecular weight is 226 g/mol. The van der Waals surface area contributed by atoms with Crippen LogP contribution in [0.4, 0.5) is 0 Å². The Hall–Kier alpha value is -0.170. The minimum atomic E-state index is -1.54. The first kappa shape index (κ1) is 10.9. The third-order valence-electron chi connectivity index (χ3n) is 2.31. The molecule has 3 atom stereocenters. The first-order chi connectivity index (χ1) is 5.77. The van der Waals surface area contributed by atoms with Crippen molar-refractivity contribution in [2.45, 2.75) is 25.3 Å². The fourth-order valence-electron chi connectivity index (χ4n) is 1.67. The molecule has 0 radical (unpaired) electrons. The highest BCUT2D eigenvalue weighted by molar-refractivity contribution is 7.79. The lowest BCUT2D eigenvalue weighted by molar-refractivity contribution is 0.296. The average Bonchev–Trinajstić information content (AvgIpc) is 2.58. The number of nitrogens with two attached hydrogens (primary N) is 1. The van der Waals surface area contributed by atoms with Gasteiger partial charge in [0.2, 0.25) is 0 Å². The van der Waals surface area contributed by atoms with Crippen molar-refractivity contribution >= 4 is 29.5 Å². The van der Waals surface area contributed by atoms with Crippen molar-refractivity contribution in [3.8, 4) is 0 Å². The molecule has 5 nitrogen and oxygen atoms in total. The molecule has 1 aliphatic carbocycles. The van der Waals surface area contributed by atoms with Gasteiger partial charge < -0.3 is 5.73 Å². The van der Waals surface area contributed by atoms with Crippen LogP contribution >= 0.6 is 12.4 Å². The maximum absolute atomic E-state index is 10.7. The van der Waals surface area contributed by atoms with Crippen molar-refractivity contribution in [1.82, 2.24) is 5.48 Å². The molecule has 7 heteroatoms. The minimum Gasteiger partial charge on any atom is -0.327 e. The molecule has 0 aromatic rings. The van der Waals surface area contributed by atoms with Crippen LogP contribution in [0, 0.1) is 5.92 Å². The van der Waals surface area contributed by atoms with Crippen molar-refractivity contribution < 1.29 is 8.49 Å². The zero-order valence-corrected chi connectivity index (χ0v) is 8.57. The van der Waals surface area contributed by atoms with Crippen LogP contribution in [-0.4, -0.2) is 16.1 Å². The number of nitrogens with one attached hydrogen (secondary N) is 1. The van der Waals surface area contributed by atoms with E-state index in [0.717, 1.165) is 19.3 Å². The Kier molecular flexibility index (Phi) is 3.66. The standard InChI is InChI=1S/C6H11N3O2S.ClH/c7-5-3-1-2-4(5)6-8-11-12(10)9-6;/h4-5H,1-3,7H2,(H,8,9);1H/t4-,5+,12?;/m1./s1. The smallest absolute Gasteiger partial charge is 0.309 e. The molecule has 0 saturated heterocycles. The lowest BCUT2D eigenvalue weighted by Crippen LogP contribution is -2.35. The van der Waals surface area contributed by atoms with E-state index in [2.05, 4.69) is 14.2 Å². The first-order valence-electron chi connectivity index (χ1n) is 3.97. The molecule has 76 valence electrons. The molecule has 1 saturated carbocycles. The summed E-state index contributed by atoms with van der Waals surface area (Å²) < 4.78 is 19.1. The minimum absolute atomic E-state index is 0. The molecular weight excluding hydrogens is 214 g/mol. The van der Waals surface area contributed by atoms with E-state index in [1.807, 2.05) is 0 Å². The van der Waals surface area contributed by atoms with Gasteiger partial charge in [-0.1, -0.05) is 6.42 Å². The second-order valence-corrected chi connectivity index (χ2v) is 3.86. The largest absolute Gasteiger partial charge is 0.327 e. The lowest BCUT2D eigenvalue weighted by Gasteiger charge is -2.12. The maximum atomic E-state index is 10.7. The van der Waals surface area contributed by atoms with Gasteiger partial charge in [-0.2, -0.15) is 4.28 Å². The van der Waals surface area contributed by atoms with E-state index in [1.54, 1.807) is 0 Å². The van der Waals surface area contributed by atoms with Gasteiger partial charge in [0.05, 0.1) is 0 Å². The Labute approximate surface area is 85.3 Å². The summed E-state index contributed by atoms with van der Waals surface area (Å²) >= 11 is -1.54. The molecule has 0 bridgehead atoms. The Morgan fingerprint density at radius 2 is 2.38 bits per heavy atom. The molecule has 2 rings (SSSR count). The summed E-state index contributed by atoms with van der Waals surface area (Å²) in [6.07, 6.45) is 3.13. The highest BCUT2D eigenvalue weighted by Crippen LogP contribution is 2.25. The van der Waals surface area contributed by atoms with Gasteiger partial charge >= 0.3 is 11.3 Å². The molecule has 0 amide bonds. The van der Waals surface area contributed by atoms with E-state index >= 15 is 0 Å². The lowest BCUT2D eigenvalue weighted by atomic mass is 10.0. The van der Waals surface area contributed by atoms with E-state index in [-0.39, 0.29) is 24.4 Å². The van der Waals surface area contributed by atoms with E-state index in [9.17, 15) is 4.21 Å². The quantitative estimate of drug-likeness (QED) is 0.661. The summed E-state index contributed by atoms with van der Waals surface area (Å²) in [5, 5.41) is 0. The fourth-order valence-corrected chi connectivity index (χ4v) is 2.19. The molecule has 1 unspecified atom stereocenters. The SMILES string of the molecule is Cl.N[C@H]1CCC[C@H]1C1=NS(=O)ON1. The van der Waals surface area contributed by atoms with Gasteiger partial charge in [-0.15, -0.1) is 16.8 Å². The van der Waals surface area contributed by atoms with E-state index in [1.165, 1.54) is 0 Å². The number of halogens is 1. The van der Waals surface area contributed by atoms with Gasteiger partial charge in [0.25, 0.3) is 0 Å². The van der Waals surface area contributed by atoms with Crippen molar-refractivity contribution in [2.24, 2.45) is 16.0 Å². The van der Waals surface area contributed by atoms with E-state index in [0.29, 0.717) is 5.84 Å². The van der Waals surface area contributed by atoms with Crippen LogP contribution in [0.3, 0.4) is 0 Å². The van der Waals surface area contributed by atoms with Crippen LogP contribution in [0.25, 0.3) is 0 Å². The zero-order chi connectivity index (χ0) is 8.55. The van der Waals surface area contributed by atoms with Crippen molar-refractivity contribution in [3.05, 3.63) is 0 Å². The summed E-state index contributed by atoms with van der Waals surface area (Å²) in [6.45, 7) is 0. The Morgan fingerprint density at radius 3 is 2.85 bits per heavy atom. The summed E-state index contributed by atoms with van der Waals surface area (Å²) in [7, 11) is 0. The molecule has 13 heavy (non-hydrogen) atoms. The molecule has 1 fully saturated rings. The topological polar surface area (TPSA) is 76.7 Å². The Balaban J connectivity index is 0.000000845. The number of hydroxylamine groups is 1. The summed E-state index contributed by atoms with van der Waals surface area (Å²) in [5.74, 6) is 0.856. The number of amidine groups is 1. The third kappa shape index (κ3) is 2.19. The molecule has 0 aromatic carbocycles. The Bertz CT molecular complexity index is 248. The predicted octanol–water partition coefficient (Wildman–Crippen LogP) is 0.0476. The number of rotatable bonds is 1. The normalized spacial score (nSPS) is 37.9. The number of hydrogen-bond acceptors (Lipinski definition) is 4. The second-order valence-electron chi connectivity index (χ2n) is 3.08. The summed E-state index contributed by atoms with van der Waals surface area (Å²) in [5.41, 5.74) is 8.38. The van der Waals surface area contributed by atoms with Crippen LogP contribution in [-0.2, 0) is 15.6 Å². The molecule has 3 N–H and O–H groups in total. The fraction of sp³-hybridized carbons (Fsp3) is 0.833. The third-order valence-corrected chi connectivity index (χ3v) is 2.88. The molecular formula is C6H12ClN3O2S. The number of hydrogen-bond donors (Lipinski definition) is 2. The molecule has 0 aromatic heterocycles. The van der Waals surface area contributed by atoms with Gasteiger partial charge in [-0.25, -0.2) is 9.69 Å². The van der Waals surface area contributed by atoms with Crippen LogP contribution < -0.4 is 11.2 Å². The van der Waals surface area contributed by atoms with Gasteiger partial charge in [0.15, 0.2) is 0 Å². The summed E-state index contributed by atoms with van der Waals surface area (Å²) in [4.78, 5) is 0. The van der Waals surface area contributed by atoms with Crippen LogP contribution in [0.1, 0.15) is 19.3 Å². The summed E-state index contributed by atoms with van der Waals surface area (Å²) in [6, 6.07) is 0.134. The molecule has 1 heterocycles. The van der Waals surface area contributed by atoms with E-state index in [4.69, 9.17) is 5.73 Å². The van der Waals surface area contributed by atoms with Crippen molar-refractivity contribution in [1.29, 1.82) is 0 Å². The van der Waals surface area contributed by atoms with Gasteiger partial charge in [-0.05, 0) is 12.8 Å². The van der Waals surface area contributed by atoms with Gasteiger partial charge in [0, 0.05) is 12.0 Å². The molecule has 1 aliphatic heterocycles. The van der Waals surface area contributed by atoms with E-state index < -0.39 is 11.3 Å². The van der Waals surface area contributed by atoms with Crippen molar-refractivity contribution in [3.63, 3.8) is 0 Å². The molecule has 0 spiro atoms. The first-order valence-corrected chi connectivity index (χ1v) is 5.00.